The number of hydrogen-bond acceptors (Lipinski definition) is 4. The Morgan fingerprint density at radius 3 is 2.69 bits per heavy atom. The quantitative estimate of drug-likeness (QED) is 0.802. The van der Waals surface area contributed by atoms with Gasteiger partial charge in [-0.05, 0) is 44.2 Å². The predicted molar refractivity (Wildman–Crippen MR) is 112 cm³/mol. The van der Waals surface area contributed by atoms with E-state index in [0.717, 1.165) is 5.69 Å². The molecule has 1 aliphatic heterocycles. The minimum Gasteiger partial charge on any atom is -0.490 e. The first-order valence-electron chi connectivity index (χ1n) is 9.71. The van der Waals surface area contributed by atoms with E-state index in [1.165, 1.54) is 6.07 Å². The molecule has 0 saturated heterocycles. The Bertz CT molecular complexity index is 901. The van der Waals surface area contributed by atoms with Crippen molar-refractivity contribution >= 4 is 28.9 Å². The zero-order chi connectivity index (χ0) is 21.0. The van der Waals surface area contributed by atoms with Crippen LogP contribution < -0.4 is 19.9 Å². The van der Waals surface area contributed by atoms with Gasteiger partial charge < -0.3 is 19.9 Å². The highest BCUT2D eigenvalue weighted by molar-refractivity contribution is 5.99. The van der Waals surface area contributed by atoms with E-state index in [-0.39, 0.29) is 30.7 Å². The number of nitrogens with zero attached hydrogens (tertiary/aromatic N) is 2. The van der Waals surface area contributed by atoms with E-state index in [1.807, 2.05) is 50.1 Å². The Hall–Kier alpha value is -3.09. The molecule has 0 atom stereocenters. The third kappa shape index (κ3) is 4.85. The summed E-state index contributed by atoms with van der Waals surface area (Å²) in [4.78, 5) is 28.3. The van der Waals surface area contributed by atoms with E-state index in [2.05, 4.69) is 5.32 Å². The molecule has 0 saturated carbocycles. The summed E-state index contributed by atoms with van der Waals surface area (Å²) in [6.07, 6.45) is 0.0877. The second-order valence-corrected chi connectivity index (χ2v) is 7.28. The molecule has 6 nitrogen and oxygen atoms in total. The van der Waals surface area contributed by atoms with Crippen molar-refractivity contribution in [3.63, 3.8) is 0 Å². The molecule has 29 heavy (non-hydrogen) atoms. The molecule has 2 amide bonds. The molecule has 0 unspecified atom stereocenters. The maximum Gasteiger partial charge on any atom is 0.227 e. The van der Waals surface area contributed by atoms with Crippen LogP contribution in [-0.4, -0.2) is 38.1 Å². The van der Waals surface area contributed by atoms with Crippen LogP contribution in [0.4, 0.5) is 21.5 Å². The minimum atomic E-state index is -0.403. The second kappa shape index (κ2) is 8.94. The third-order valence-corrected chi connectivity index (χ3v) is 4.98. The molecular weight excluding hydrogens is 373 g/mol. The summed E-state index contributed by atoms with van der Waals surface area (Å²) in [5.41, 5.74) is 1.56. The summed E-state index contributed by atoms with van der Waals surface area (Å²) >= 11 is 0. The Morgan fingerprint density at radius 1 is 1.21 bits per heavy atom. The number of hydrogen-bond donors (Lipinski definition) is 1. The van der Waals surface area contributed by atoms with Crippen molar-refractivity contribution in [2.24, 2.45) is 0 Å². The van der Waals surface area contributed by atoms with Gasteiger partial charge >= 0.3 is 0 Å². The molecule has 0 aromatic heterocycles. The van der Waals surface area contributed by atoms with Crippen LogP contribution >= 0.6 is 0 Å². The molecule has 0 fully saturated rings. The van der Waals surface area contributed by atoms with Crippen molar-refractivity contribution in [1.82, 2.24) is 0 Å². The molecule has 2 aromatic carbocycles. The molecule has 0 spiro atoms. The fourth-order valence-electron chi connectivity index (χ4n) is 3.16. The SMILES string of the molecule is CC(C)N(C)c1ccc(NC(=O)CCC(=O)N2CCOc3ccccc32)cc1F. The molecule has 3 rings (SSSR count). The molecule has 0 aliphatic carbocycles. The van der Waals surface area contributed by atoms with E-state index >= 15 is 0 Å². The van der Waals surface area contributed by atoms with E-state index in [0.29, 0.717) is 30.3 Å². The Kier molecular flexibility index (Phi) is 6.36. The Morgan fingerprint density at radius 2 is 1.97 bits per heavy atom. The number of ether oxygens (including phenoxy) is 1. The lowest BCUT2D eigenvalue weighted by Crippen LogP contribution is -2.38. The Labute approximate surface area is 170 Å². The van der Waals surface area contributed by atoms with E-state index < -0.39 is 5.82 Å². The summed E-state index contributed by atoms with van der Waals surface area (Å²) in [7, 11) is 1.82. The summed E-state index contributed by atoms with van der Waals surface area (Å²) in [5.74, 6) is -0.210. The summed E-state index contributed by atoms with van der Waals surface area (Å²) in [6.45, 7) is 4.82. The molecule has 1 aliphatic rings. The fraction of sp³-hybridized carbons (Fsp3) is 0.364. The fourth-order valence-corrected chi connectivity index (χ4v) is 3.16. The van der Waals surface area contributed by atoms with Crippen molar-refractivity contribution in [2.45, 2.75) is 32.7 Å². The lowest BCUT2D eigenvalue weighted by Gasteiger charge is -2.29. The standard InChI is InChI=1S/C22H26FN3O3/c1-15(2)25(3)18-9-8-16(14-17(18)23)24-21(27)10-11-22(28)26-12-13-29-20-7-5-4-6-19(20)26/h4-9,14-15H,10-13H2,1-3H3,(H,24,27). The van der Waals surface area contributed by atoms with Gasteiger partial charge in [-0.15, -0.1) is 0 Å². The Balaban J connectivity index is 1.57. The number of carbonyl (C=O) groups excluding carboxylic acids is 2. The number of benzene rings is 2. The van der Waals surface area contributed by atoms with Gasteiger partial charge in [-0.3, -0.25) is 9.59 Å². The van der Waals surface area contributed by atoms with Crippen molar-refractivity contribution in [1.29, 1.82) is 0 Å². The second-order valence-electron chi connectivity index (χ2n) is 7.28. The van der Waals surface area contributed by atoms with Crippen LogP contribution in [0, 0.1) is 5.82 Å². The normalized spacial score (nSPS) is 12.9. The number of para-hydroxylation sites is 2. The van der Waals surface area contributed by atoms with Crippen LogP contribution in [0.1, 0.15) is 26.7 Å². The molecule has 1 heterocycles. The third-order valence-electron chi connectivity index (χ3n) is 4.98. The molecule has 7 heteroatoms. The van der Waals surface area contributed by atoms with Gasteiger partial charge in [-0.1, -0.05) is 12.1 Å². The topological polar surface area (TPSA) is 61.9 Å². The van der Waals surface area contributed by atoms with Crippen LogP contribution in [0.2, 0.25) is 0 Å². The van der Waals surface area contributed by atoms with Gasteiger partial charge in [0.2, 0.25) is 11.8 Å². The van der Waals surface area contributed by atoms with Crippen LogP contribution in [0.5, 0.6) is 5.75 Å². The largest absolute Gasteiger partial charge is 0.490 e. The van der Waals surface area contributed by atoms with Crippen molar-refractivity contribution in [2.75, 3.05) is 35.3 Å². The number of carbonyl (C=O) groups is 2. The zero-order valence-electron chi connectivity index (χ0n) is 16.9. The number of amides is 2. The van der Waals surface area contributed by atoms with Crippen LogP contribution in [0.3, 0.4) is 0 Å². The average Bonchev–Trinajstić information content (AvgIpc) is 2.71. The maximum absolute atomic E-state index is 14.3. The summed E-state index contributed by atoms with van der Waals surface area (Å²) in [5, 5.41) is 2.66. The van der Waals surface area contributed by atoms with Crippen LogP contribution in [-0.2, 0) is 9.59 Å². The number of anilines is 3. The first kappa shape index (κ1) is 20.6. The van der Waals surface area contributed by atoms with Crippen molar-refractivity contribution < 1.29 is 18.7 Å². The molecule has 0 bridgehead atoms. The average molecular weight is 399 g/mol. The van der Waals surface area contributed by atoms with E-state index in [1.54, 1.807) is 17.0 Å². The van der Waals surface area contributed by atoms with Crippen molar-refractivity contribution in [3.05, 3.63) is 48.3 Å². The maximum atomic E-state index is 14.3. The van der Waals surface area contributed by atoms with Crippen molar-refractivity contribution in [3.8, 4) is 5.75 Å². The highest BCUT2D eigenvalue weighted by atomic mass is 19.1. The van der Waals surface area contributed by atoms with Crippen LogP contribution in [0.25, 0.3) is 0 Å². The first-order chi connectivity index (χ1) is 13.9. The number of nitrogens with one attached hydrogen (secondary N) is 1. The predicted octanol–water partition coefficient (Wildman–Crippen LogP) is 3.81. The molecule has 154 valence electrons. The van der Waals surface area contributed by atoms with Gasteiger partial charge in [0, 0.05) is 31.6 Å². The molecule has 2 aromatic rings. The first-order valence-corrected chi connectivity index (χ1v) is 9.71. The van der Waals surface area contributed by atoms with E-state index in [4.69, 9.17) is 4.74 Å². The highest BCUT2D eigenvalue weighted by Crippen LogP contribution is 2.31. The van der Waals surface area contributed by atoms with Gasteiger partial charge in [0.25, 0.3) is 0 Å². The smallest absolute Gasteiger partial charge is 0.227 e. The number of halogens is 1. The highest BCUT2D eigenvalue weighted by Gasteiger charge is 2.23. The number of fused-ring (bicyclic) bond motifs is 1. The van der Waals surface area contributed by atoms with Gasteiger partial charge in [-0.2, -0.15) is 0 Å². The van der Waals surface area contributed by atoms with Gasteiger partial charge in [0.1, 0.15) is 18.2 Å². The molecular formula is C22H26FN3O3. The van der Waals surface area contributed by atoms with E-state index in [9.17, 15) is 14.0 Å². The summed E-state index contributed by atoms with van der Waals surface area (Å²) in [6, 6.07) is 12.1. The van der Waals surface area contributed by atoms with Gasteiger partial charge in [0.15, 0.2) is 0 Å². The summed E-state index contributed by atoms with van der Waals surface area (Å²) < 4.78 is 19.9. The molecule has 1 N–H and O–H groups in total. The minimum absolute atomic E-state index is 0.0215. The number of rotatable bonds is 6. The monoisotopic (exact) mass is 399 g/mol. The zero-order valence-corrected chi connectivity index (χ0v) is 16.9. The van der Waals surface area contributed by atoms with Gasteiger partial charge in [0.05, 0.1) is 17.9 Å². The lowest BCUT2D eigenvalue weighted by atomic mass is 10.2. The van der Waals surface area contributed by atoms with Crippen LogP contribution in [0.15, 0.2) is 42.5 Å². The van der Waals surface area contributed by atoms with Gasteiger partial charge in [-0.25, -0.2) is 4.39 Å². The lowest BCUT2D eigenvalue weighted by molar-refractivity contribution is -0.122. The molecule has 0 radical (unpaired) electrons.